The molecule has 0 atom stereocenters. The van der Waals surface area contributed by atoms with E-state index in [1.807, 2.05) is 30.3 Å². The second kappa shape index (κ2) is 7.28. The summed E-state index contributed by atoms with van der Waals surface area (Å²) in [5, 5.41) is 1.59. The molecule has 3 N–H and O–H groups in total. The Balaban J connectivity index is 1.95. The summed E-state index contributed by atoms with van der Waals surface area (Å²) in [6.45, 7) is 0.557. The molecule has 0 saturated carbocycles. The molecule has 0 aliphatic carbocycles. The number of hydrogen-bond donors (Lipinski definition) is 2. The van der Waals surface area contributed by atoms with Gasteiger partial charge in [-0.05, 0) is 55.6 Å². The standard InChI is InChI=1S/C22H20F3N3/c23-22(24,25)15-9-10-19-18(13-15)16(7-1-2-11-26)21(28-19)17-8-3-5-14-6-4-12-27-20(14)17/h3-6,8-10,12-13,28H,1-2,7,11,26H2. The zero-order chi connectivity index (χ0) is 19.7. The third-order valence-electron chi connectivity index (χ3n) is 5.02. The molecule has 2 heterocycles. The Morgan fingerprint density at radius 3 is 2.61 bits per heavy atom. The number of nitrogens with one attached hydrogen (secondary N) is 1. The lowest BCUT2D eigenvalue weighted by Gasteiger charge is -2.09. The lowest BCUT2D eigenvalue weighted by molar-refractivity contribution is -0.137. The van der Waals surface area contributed by atoms with Gasteiger partial charge in [0.15, 0.2) is 0 Å². The maximum Gasteiger partial charge on any atom is 0.416 e. The van der Waals surface area contributed by atoms with E-state index in [-0.39, 0.29) is 0 Å². The number of benzene rings is 2. The minimum atomic E-state index is -4.37. The van der Waals surface area contributed by atoms with Crippen LogP contribution in [0.4, 0.5) is 13.2 Å². The van der Waals surface area contributed by atoms with Gasteiger partial charge in [-0.2, -0.15) is 13.2 Å². The molecule has 2 aromatic heterocycles. The van der Waals surface area contributed by atoms with E-state index in [1.165, 1.54) is 12.1 Å². The predicted molar refractivity (Wildman–Crippen MR) is 106 cm³/mol. The summed E-state index contributed by atoms with van der Waals surface area (Å²) >= 11 is 0. The molecule has 0 spiro atoms. The zero-order valence-corrected chi connectivity index (χ0v) is 15.2. The smallest absolute Gasteiger partial charge is 0.354 e. The number of hydrogen-bond acceptors (Lipinski definition) is 2. The van der Waals surface area contributed by atoms with Gasteiger partial charge in [0.25, 0.3) is 0 Å². The second-order valence-corrected chi connectivity index (χ2v) is 6.86. The Morgan fingerprint density at radius 2 is 1.82 bits per heavy atom. The van der Waals surface area contributed by atoms with Crippen LogP contribution in [0, 0.1) is 0 Å². The lowest BCUT2D eigenvalue weighted by Crippen LogP contribution is -2.04. The Hall–Kier alpha value is -2.86. The van der Waals surface area contributed by atoms with Gasteiger partial charge in [0, 0.05) is 28.0 Å². The fourth-order valence-corrected chi connectivity index (χ4v) is 3.67. The molecular formula is C22H20F3N3. The van der Waals surface area contributed by atoms with Gasteiger partial charge in [-0.3, -0.25) is 4.98 Å². The minimum absolute atomic E-state index is 0.557. The largest absolute Gasteiger partial charge is 0.416 e. The first-order valence-electron chi connectivity index (χ1n) is 9.25. The number of unbranched alkanes of at least 4 members (excludes halogenated alkanes) is 1. The molecule has 0 amide bonds. The highest BCUT2D eigenvalue weighted by atomic mass is 19.4. The van der Waals surface area contributed by atoms with Gasteiger partial charge in [-0.15, -0.1) is 0 Å². The van der Waals surface area contributed by atoms with Gasteiger partial charge in [0.1, 0.15) is 0 Å². The number of fused-ring (bicyclic) bond motifs is 2. The number of aromatic amines is 1. The number of aromatic nitrogens is 2. The van der Waals surface area contributed by atoms with Crippen LogP contribution in [0.15, 0.2) is 54.7 Å². The van der Waals surface area contributed by atoms with Crippen LogP contribution in [0.25, 0.3) is 33.1 Å². The molecule has 144 valence electrons. The summed E-state index contributed by atoms with van der Waals surface area (Å²) in [6, 6.07) is 13.6. The molecular weight excluding hydrogens is 363 g/mol. The topological polar surface area (TPSA) is 54.7 Å². The number of pyridine rings is 1. The summed E-state index contributed by atoms with van der Waals surface area (Å²) in [7, 11) is 0. The van der Waals surface area contributed by atoms with Crippen LogP contribution in [-0.2, 0) is 12.6 Å². The molecule has 28 heavy (non-hydrogen) atoms. The van der Waals surface area contributed by atoms with E-state index in [4.69, 9.17) is 5.73 Å². The summed E-state index contributed by atoms with van der Waals surface area (Å²) in [6.07, 6.45) is -0.369. The molecule has 2 aromatic carbocycles. The highest BCUT2D eigenvalue weighted by molar-refractivity contribution is 5.99. The van der Waals surface area contributed by atoms with Gasteiger partial charge in [-0.25, -0.2) is 0 Å². The Kier molecular flexibility index (Phi) is 4.81. The van der Waals surface area contributed by atoms with E-state index in [0.29, 0.717) is 23.9 Å². The average Bonchev–Trinajstić information content (AvgIpc) is 3.05. The summed E-state index contributed by atoms with van der Waals surface area (Å²) in [4.78, 5) is 7.84. The van der Waals surface area contributed by atoms with E-state index < -0.39 is 11.7 Å². The van der Waals surface area contributed by atoms with Crippen LogP contribution in [0.5, 0.6) is 0 Å². The van der Waals surface area contributed by atoms with Crippen LogP contribution in [0.1, 0.15) is 24.0 Å². The lowest BCUT2D eigenvalue weighted by atomic mass is 9.98. The van der Waals surface area contributed by atoms with E-state index >= 15 is 0 Å². The van der Waals surface area contributed by atoms with Gasteiger partial charge in [-0.1, -0.05) is 24.3 Å². The average molecular weight is 383 g/mol. The van der Waals surface area contributed by atoms with Crippen LogP contribution in [-0.4, -0.2) is 16.5 Å². The summed E-state index contributed by atoms with van der Waals surface area (Å²) in [5.41, 5.74) is 9.11. The minimum Gasteiger partial charge on any atom is -0.354 e. The first-order chi connectivity index (χ1) is 13.5. The van der Waals surface area contributed by atoms with Crippen molar-refractivity contribution in [2.75, 3.05) is 6.54 Å². The van der Waals surface area contributed by atoms with E-state index in [2.05, 4.69) is 9.97 Å². The van der Waals surface area contributed by atoms with Crippen molar-refractivity contribution < 1.29 is 13.2 Å². The molecule has 4 aromatic rings. The van der Waals surface area contributed by atoms with Gasteiger partial charge >= 0.3 is 6.18 Å². The first-order valence-corrected chi connectivity index (χ1v) is 9.25. The Morgan fingerprint density at radius 1 is 1.00 bits per heavy atom. The Bertz CT molecular complexity index is 1120. The maximum absolute atomic E-state index is 13.3. The third kappa shape index (κ3) is 3.36. The predicted octanol–water partition coefficient (Wildman–Crippen LogP) is 5.68. The van der Waals surface area contributed by atoms with E-state index in [9.17, 15) is 13.2 Å². The van der Waals surface area contributed by atoms with Gasteiger partial charge in [0.05, 0.1) is 16.8 Å². The number of H-pyrrole nitrogens is 1. The van der Waals surface area contributed by atoms with Gasteiger partial charge in [0.2, 0.25) is 0 Å². The number of alkyl halides is 3. The van der Waals surface area contributed by atoms with Crippen molar-refractivity contribution in [2.24, 2.45) is 5.73 Å². The van der Waals surface area contributed by atoms with Crippen LogP contribution in [0.3, 0.4) is 0 Å². The normalized spacial score (nSPS) is 12.1. The second-order valence-electron chi connectivity index (χ2n) is 6.86. The molecule has 3 nitrogen and oxygen atoms in total. The molecule has 4 rings (SSSR count). The molecule has 0 saturated heterocycles. The number of para-hydroxylation sites is 1. The van der Waals surface area contributed by atoms with Crippen molar-refractivity contribution in [3.05, 3.63) is 65.9 Å². The van der Waals surface area contributed by atoms with Crippen LogP contribution in [0.2, 0.25) is 0 Å². The SMILES string of the molecule is NCCCCc1c(-c2cccc3cccnc23)[nH]c2ccc(C(F)(F)F)cc12. The van der Waals surface area contributed by atoms with Crippen molar-refractivity contribution in [3.8, 4) is 11.3 Å². The van der Waals surface area contributed by atoms with Crippen molar-refractivity contribution >= 4 is 21.8 Å². The quantitative estimate of drug-likeness (QED) is 0.436. The number of aryl methyl sites for hydroxylation is 1. The van der Waals surface area contributed by atoms with Crippen molar-refractivity contribution in [2.45, 2.75) is 25.4 Å². The molecule has 0 unspecified atom stereocenters. The third-order valence-corrected chi connectivity index (χ3v) is 5.02. The number of halogens is 3. The molecule has 0 radical (unpaired) electrons. The van der Waals surface area contributed by atoms with Crippen molar-refractivity contribution in [1.82, 2.24) is 9.97 Å². The monoisotopic (exact) mass is 383 g/mol. The van der Waals surface area contributed by atoms with Crippen LogP contribution < -0.4 is 5.73 Å². The van der Waals surface area contributed by atoms with Crippen molar-refractivity contribution in [3.63, 3.8) is 0 Å². The summed E-state index contributed by atoms with van der Waals surface area (Å²) < 4.78 is 39.8. The number of rotatable bonds is 5. The van der Waals surface area contributed by atoms with Gasteiger partial charge < -0.3 is 10.7 Å². The fourth-order valence-electron chi connectivity index (χ4n) is 3.67. The number of nitrogens with zero attached hydrogens (tertiary/aromatic N) is 1. The molecule has 0 fully saturated rings. The highest BCUT2D eigenvalue weighted by Crippen LogP contribution is 2.38. The zero-order valence-electron chi connectivity index (χ0n) is 15.2. The molecule has 6 heteroatoms. The van der Waals surface area contributed by atoms with Crippen molar-refractivity contribution in [1.29, 1.82) is 0 Å². The van der Waals surface area contributed by atoms with E-state index in [1.54, 1.807) is 6.20 Å². The number of nitrogens with two attached hydrogens (primary N) is 1. The maximum atomic E-state index is 13.3. The fraction of sp³-hybridized carbons (Fsp3) is 0.227. The summed E-state index contributed by atoms with van der Waals surface area (Å²) in [5.74, 6) is 0. The van der Waals surface area contributed by atoms with E-state index in [0.717, 1.165) is 46.6 Å². The Labute approximate surface area is 160 Å². The molecule has 0 bridgehead atoms. The molecule has 0 aliphatic rings. The molecule has 0 aliphatic heterocycles. The first kappa shape index (κ1) is 18.5. The van der Waals surface area contributed by atoms with Crippen LogP contribution >= 0.6 is 0 Å². The highest BCUT2D eigenvalue weighted by Gasteiger charge is 2.31.